The van der Waals surface area contributed by atoms with Gasteiger partial charge >= 0.3 is 0 Å². The zero-order valence-electron chi connectivity index (χ0n) is 28.1. The van der Waals surface area contributed by atoms with Crippen LogP contribution in [-0.2, 0) is 23.9 Å². The molecule has 2 atom stereocenters. The van der Waals surface area contributed by atoms with Crippen LogP contribution in [0.15, 0.2) is 30.3 Å². The zero-order valence-corrected chi connectivity index (χ0v) is 28.1. The maximum absolute atomic E-state index is 13.9. The number of carbonyl (C=O) groups is 4. The number of piperidine rings is 3. The first-order chi connectivity index (χ1) is 22.9. The summed E-state index contributed by atoms with van der Waals surface area (Å²) in [5, 5.41) is 6.73. The lowest BCUT2D eigenvalue weighted by molar-refractivity contribution is -0.148. The van der Waals surface area contributed by atoms with Gasteiger partial charge in [-0.1, -0.05) is 18.2 Å². The van der Waals surface area contributed by atoms with E-state index in [2.05, 4.69) is 22.6 Å². The molecule has 0 aromatic heterocycles. The Morgan fingerprint density at radius 2 is 1.64 bits per heavy atom. The Labute approximate surface area is 279 Å². The molecule has 0 unspecified atom stereocenters. The second-order valence-electron chi connectivity index (χ2n) is 13.6. The average Bonchev–Trinajstić information content (AvgIpc) is 3.09. The molecule has 6 rings (SSSR count). The second kappa shape index (κ2) is 17.9. The Morgan fingerprint density at radius 1 is 0.894 bits per heavy atom. The van der Waals surface area contributed by atoms with Crippen LogP contribution in [0.25, 0.3) is 0 Å². The fraction of sp³-hybridized carbons (Fsp3) is 0.714. The highest BCUT2D eigenvalue weighted by Gasteiger charge is 2.36. The highest BCUT2D eigenvalue weighted by Crippen LogP contribution is 2.30. The van der Waals surface area contributed by atoms with Gasteiger partial charge in [0.2, 0.25) is 17.7 Å². The molecule has 0 aliphatic carbocycles. The van der Waals surface area contributed by atoms with Crippen LogP contribution in [0.1, 0.15) is 55.3 Å². The maximum atomic E-state index is 13.9. The predicted molar refractivity (Wildman–Crippen MR) is 178 cm³/mol. The Morgan fingerprint density at radius 3 is 2.40 bits per heavy atom. The van der Waals surface area contributed by atoms with Crippen molar-refractivity contribution in [1.29, 1.82) is 0 Å². The van der Waals surface area contributed by atoms with Gasteiger partial charge in [-0.2, -0.15) is 0 Å². The van der Waals surface area contributed by atoms with E-state index in [-0.39, 0.29) is 61.3 Å². The van der Waals surface area contributed by atoms with Crippen molar-refractivity contribution >= 4 is 23.6 Å². The van der Waals surface area contributed by atoms with Gasteiger partial charge in [-0.3, -0.25) is 19.2 Å². The largest absolute Gasteiger partial charge is 0.377 e. The number of nitrogens with one attached hydrogen (secondary N) is 2. The van der Waals surface area contributed by atoms with Gasteiger partial charge in [-0.25, -0.2) is 0 Å². The Bertz CT molecular complexity index is 1170. The lowest BCUT2D eigenvalue weighted by atomic mass is 9.80. The molecule has 5 aliphatic heterocycles. The molecule has 5 aliphatic rings. The van der Waals surface area contributed by atoms with E-state index in [1.54, 1.807) is 4.90 Å². The molecule has 2 bridgehead atoms. The van der Waals surface area contributed by atoms with E-state index in [4.69, 9.17) is 9.47 Å². The standard InChI is InChI=1S/C35H54N6O6/c1-38-15-9-30(10-16-38)36-13-7-29-24-40-17-8-28(29)23-32(42)37-14-20-46-21-22-47-26-34(44)41(25-33(40)43)31-11-18-39(19-12-31)35(45)27-5-3-2-4-6-27/h2-6,28-31,36H,7-26H2,1H3,(H,37,42)/t28-,29-/m0/s1. The molecule has 1 aromatic rings. The zero-order chi connectivity index (χ0) is 33.0. The summed E-state index contributed by atoms with van der Waals surface area (Å²) in [5.74, 6) is 0.109. The summed E-state index contributed by atoms with van der Waals surface area (Å²) >= 11 is 0. The molecule has 12 nitrogen and oxygen atoms in total. The number of benzene rings is 1. The number of hydrogen-bond acceptors (Lipinski definition) is 8. The van der Waals surface area contributed by atoms with Crippen molar-refractivity contribution in [2.75, 3.05) is 92.4 Å². The van der Waals surface area contributed by atoms with Gasteiger partial charge in [-0.15, -0.1) is 0 Å². The van der Waals surface area contributed by atoms with Crippen LogP contribution < -0.4 is 10.6 Å². The third-order valence-corrected chi connectivity index (χ3v) is 10.4. The van der Waals surface area contributed by atoms with Gasteiger partial charge in [-0.05, 0) is 89.2 Å². The number of hydrogen-bond donors (Lipinski definition) is 2. The molecular weight excluding hydrogens is 600 g/mol. The maximum Gasteiger partial charge on any atom is 0.253 e. The van der Waals surface area contributed by atoms with E-state index in [9.17, 15) is 19.2 Å². The first kappa shape index (κ1) is 35.3. The molecule has 0 radical (unpaired) electrons. The van der Waals surface area contributed by atoms with E-state index in [0.717, 1.165) is 45.3 Å². The van der Waals surface area contributed by atoms with Crippen LogP contribution in [0.5, 0.6) is 0 Å². The van der Waals surface area contributed by atoms with Gasteiger partial charge in [0.25, 0.3) is 5.91 Å². The number of rotatable bonds is 6. The predicted octanol–water partition coefficient (Wildman–Crippen LogP) is 1.21. The van der Waals surface area contributed by atoms with Crippen molar-refractivity contribution in [1.82, 2.24) is 30.2 Å². The van der Waals surface area contributed by atoms with Crippen LogP contribution in [0.4, 0.5) is 0 Å². The van der Waals surface area contributed by atoms with Crippen LogP contribution >= 0.6 is 0 Å². The summed E-state index contributed by atoms with van der Waals surface area (Å²) in [6.45, 7) is 6.45. The summed E-state index contributed by atoms with van der Waals surface area (Å²) in [6.07, 6.45) is 5.55. The summed E-state index contributed by atoms with van der Waals surface area (Å²) in [4.78, 5) is 61.1. The summed E-state index contributed by atoms with van der Waals surface area (Å²) < 4.78 is 11.3. The summed E-state index contributed by atoms with van der Waals surface area (Å²) in [5.41, 5.74) is 0.654. The monoisotopic (exact) mass is 654 g/mol. The van der Waals surface area contributed by atoms with Gasteiger partial charge < -0.3 is 39.7 Å². The summed E-state index contributed by atoms with van der Waals surface area (Å²) in [7, 11) is 2.16. The number of fused-ring (bicyclic) bond motifs is 15. The van der Waals surface area contributed by atoms with E-state index in [0.29, 0.717) is 76.8 Å². The van der Waals surface area contributed by atoms with Crippen LogP contribution in [0.3, 0.4) is 0 Å². The molecule has 2 N–H and O–H groups in total. The lowest BCUT2D eigenvalue weighted by Gasteiger charge is -2.42. The van der Waals surface area contributed by atoms with E-state index < -0.39 is 0 Å². The normalized spacial score (nSPS) is 25.8. The van der Waals surface area contributed by atoms with Crippen LogP contribution in [-0.4, -0.2) is 148 Å². The highest BCUT2D eigenvalue weighted by atomic mass is 16.5. The van der Waals surface area contributed by atoms with Crippen molar-refractivity contribution in [2.24, 2.45) is 11.8 Å². The summed E-state index contributed by atoms with van der Waals surface area (Å²) in [6, 6.07) is 9.59. The van der Waals surface area contributed by atoms with Crippen molar-refractivity contribution in [3.05, 3.63) is 35.9 Å². The first-order valence-electron chi connectivity index (χ1n) is 17.6. The minimum Gasteiger partial charge on any atom is -0.377 e. The van der Waals surface area contributed by atoms with Crippen LogP contribution in [0.2, 0.25) is 0 Å². The number of likely N-dealkylation sites (tertiary alicyclic amines) is 2. The van der Waals surface area contributed by atoms with Crippen molar-refractivity contribution < 1.29 is 28.7 Å². The molecule has 12 heteroatoms. The fourth-order valence-corrected chi connectivity index (χ4v) is 7.43. The van der Waals surface area contributed by atoms with Gasteiger partial charge in [0.05, 0.1) is 19.8 Å². The first-order valence-corrected chi connectivity index (χ1v) is 17.6. The van der Waals surface area contributed by atoms with Gasteiger partial charge in [0, 0.05) is 56.8 Å². The smallest absolute Gasteiger partial charge is 0.253 e. The minimum atomic E-state index is -0.215. The SMILES string of the molecule is CN1CCC(NCC[C@H]2CN3CC[C@H]2CC(=O)NCCOCCOCC(=O)N(C2CCN(C(=O)c4ccccc4)CC2)CC3=O)CC1. The highest BCUT2D eigenvalue weighted by molar-refractivity contribution is 5.94. The molecule has 260 valence electrons. The molecule has 5 saturated heterocycles. The van der Waals surface area contributed by atoms with E-state index in [1.807, 2.05) is 40.1 Å². The Hall–Kier alpha value is -3.06. The lowest BCUT2D eigenvalue weighted by Crippen LogP contribution is -2.54. The third-order valence-electron chi connectivity index (χ3n) is 10.4. The van der Waals surface area contributed by atoms with Crippen molar-refractivity contribution in [3.63, 3.8) is 0 Å². The topological polar surface area (TPSA) is 124 Å². The van der Waals surface area contributed by atoms with Gasteiger partial charge in [0.15, 0.2) is 0 Å². The molecule has 4 amide bonds. The quantitative estimate of drug-likeness (QED) is 0.439. The molecule has 47 heavy (non-hydrogen) atoms. The number of nitrogens with zero attached hydrogens (tertiary/aromatic N) is 4. The minimum absolute atomic E-state index is 0.0117. The van der Waals surface area contributed by atoms with Gasteiger partial charge in [0.1, 0.15) is 13.2 Å². The van der Waals surface area contributed by atoms with Crippen molar-refractivity contribution in [2.45, 2.75) is 57.0 Å². The molecule has 1 aromatic carbocycles. The third kappa shape index (κ3) is 10.5. The Kier molecular flexibility index (Phi) is 13.4. The number of ether oxygens (including phenoxy) is 2. The second-order valence-corrected chi connectivity index (χ2v) is 13.6. The number of carbonyl (C=O) groups excluding carboxylic acids is 4. The molecular formula is C35H54N6O6. The van der Waals surface area contributed by atoms with E-state index in [1.165, 1.54) is 0 Å². The molecule has 0 saturated carbocycles. The van der Waals surface area contributed by atoms with Crippen molar-refractivity contribution in [3.8, 4) is 0 Å². The molecule has 0 spiro atoms. The van der Waals surface area contributed by atoms with Crippen LogP contribution in [0, 0.1) is 11.8 Å². The average molecular weight is 655 g/mol. The molecule has 5 heterocycles. The Balaban J connectivity index is 1.23. The molecule has 5 fully saturated rings. The fourth-order valence-electron chi connectivity index (χ4n) is 7.43. The van der Waals surface area contributed by atoms with E-state index >= 15 is 0 Å². The number of amides is 4.